The summed E-state index contributed by atoms with van der Waals surface area (Å²) in [7, 11) is 0. The van der Waals surface area contributed by atoms with Gasteiger partial charge in [-0.25, -0.2) is 4.39 Å². The summed E-state index contributed by atoms with van der Waals surface area (Å²) in [6.07, 6.45) is -1.35. The van der Waals surface area contributed by atoms with Crippen LogP contribution < -0.4 is 5.73 Å². The van der Waals surface area contributed by atoms with Gasteiger partial charge in [-0.1, -0.05) is 34.8 Å². The third kappa shape index (κ3) is 2.47. The van der Waals surface area contributed by atoms with Crippen LogP contribution in [0.15, 0.2) is 12.1 Å². The first-order valence-electron chi connectivity index (χ1n) is 3.55. The largest absolute Gasteiger partial charge is 0.327 e. The second-order valence-corrected chi connectivity index (χ2v) is 3.74. The molecule has 13 heavy (non-hydrogen) atoms. The molecule has 2 N–H and O–H groups in total. The first-order chi connectivity index (χ1) is 6.06. The second-order valence-electron chi connectivity index (χ2n) is 2.49. The van der Waals surface area contributed by atoms with Crippen molar-refractivity contribution < 1.29 is 4.39 Å². The summed E-state index contributed by atoms with van der Waals surface area (Å²) in [5.41, 5.74) is 5.36. The Labute approximate surface area is 90.6 Å². The minimum Gasteiger partial charge on any atom is -0.327 e. The average molecular weight is 243 g/mol. The summed E-state index contributed by atoms with van der Waals surface area (Å²) >= 11 is 17.1. The van der Waals surface area contributed by atoms with Crippen LogP contribution in [-0.2, 0) is 0 Å². The monoisotopic (exact) mass is 241 g/mol. The number of hydrogen-bond acceptors (Lipinski definition) is 1. The van der Waals surface area contributed by atoms with E-state index in [0.717, 1.165) is 0 Å². The molecule has 0 amide bonds. The minimum absolute atomic E-state index is 0.152. The molecule has 0 aromatic heterocycles. The Balaban J connectivity index is 3.20. The topological polar surface area (TPSA) is 26.0 Å². The number of rotatable bonds is 2. The van der Waals surface area contributed by atoms with Crippen LogP contribution >= 0.6 is 34.8 Å². The molecular weight excluding hydrogens is 235 g/mol. The van der Waals surface area contributed by atoms with E-state index in [1.54, 1.807) is 0 Å². The van der Waals surface area contributed by atoms with Crippen molar-refractivity contribution >= 4 is 34.8 Å². The van der Waals surface area contributed by atoms with Crippen molar-refractivity contribution in [1.29, 1.82) is 0 Å². The van der Waals surface area contributed by atoms with Crippen molar-refractivity contribution in [3.05, 3.63) is 32.8 Å². The van der Waals surface area contributed by atoms with Gasteiger partial charge in [0.1, 0.15) is 6.17 Å². The molecule has 1 rings (SSSR count). The van der Waals surface area contributed by atoms with Crippen LogP contribution in [0.25, 0.3) is 0 Å². The summed E-state index contributed by atoms with van der Waals surface area (Å²) < 4.78 is 13.2. The molecule has 0 saturated heterocycles. The fourth-order valence-corrected chi connectivity index (χ4v) is 2.02. The lowest BCUT2D eigenvalue weighted by Gasteiger charge is -2.10. The van der Waals surface area contributed by atoms with E-state index < -0.39 is 6.17 Å². The minimum atomic E-state index is -1.35. The predicted octanol–water partition coefficient (Wildman–Crippen LogP) is 3.62. The Kier molecular flexibility index (Phi) is 3.80. The predicted molar refractivity (Wildman–Crippen MR) is 54.4 cm³/mol. The molecule has 72 valence electrons. The molecule has 1 atom stereocenters. The van der Waals surface area contributed by atoms with E-state index in [0.29, 0.717) is 5.02 Å². The van der Waals surface area contributed by atoms with E-state index in [1.165, 1.54) is 12.1 Å². The fraction of sp³-hybridized carbons (Fsp3) is 0.250. The van der Waals surface area contributed by atoms with Gasteiger partial charge in [0, 0.05) is 27.2 Å². The summed E-state index contributed by atoms with van der Waals surface area (Å²) in [6, 6.07) is 2.87. The van der Waals surface area contributed by atoms with Crippen molar-refractivity contribution in [3.63, 3.8) is 0 Å². The highest BCUT2D eigenvalue weighted by atomic mass is 35.5. The molecule has 1 nitrogen and oxygen atoms in total. The van der Waals surface area contributed by atoms with Gasteiger partial charge in [-0.05, 0) is 12.1 Å². The average Bonchev–Trinajstić information content (AvgIpc) is 2.02. The molecule has 0 spiro atoms. The van der Waals surface area contributed by atoms with Crippen LogP contribution in [0.5, 0.6) is 0 Å². The van der Waals surface area contributed by atoms with Crippen molar-refractivity contribution in [1.82, 2.24) is 0 Å². The molecule has 0 saturated carbocycles. The van der Waals surface area contributed by atoms with E-state index in [9.17, 15) is 4.39 Å². The normalized spacial score (nSPS) is 13.0. The maximum absolute atomic E-state index is 13.2. The van der Waals surface area contributed by atoms with Gasteiger partial charge < -0.3 is 5.73 Å². The van der Waals surface area contributed by atoms with Gasteiger partial charge in [0.15, 0.2) is 0 Å². The Morgan fingerprint density at radius 3 is 2.08 bits per heavy atom. The number of halogens is 4. The molecule has 1 aromatic rings. The lowest BCUT2D eigenvalue weighted by molar-refractivity contribution is 0.353. The molecule has 1 unspecified atom stereocenters. The zero-order valence-electron chi connectivity index (χ0n) is 6.53. The number of alkyl halides is 1. The summed E-state index contributed by atoms with van der Waals surface area (Å²) in [5, 5.41) is 0.786. The molecule has 0 fully saturated rings. The molecule has 0 bridgehead atoms. The van der Waals surface area contributed by atoms with Gasteiger partial charge in [-0.15, -0.1) is 0 Å². The molecule has 1 aromatic carbocycles. The van der Waals surface area contributed by atoms with E-state index in [1.807, 2.05) is 0 Å². The Morgan fingerprint density at radius 1 is 1.23 bits per heavy atom. The van der Waals surface area contributed by atoms with Gasteiger partial charge in [0.05, 0.1) is 0 Å². The third-order valence-corrected chi connectivity index (χ3v) is 2.41. The van der Waals surface area contributed by atoms with Crippen LogP contribution in [0.2, 0.25) is 15.1 Å². The van der Waals surface area contributed by atoms with Crippen LogP contribution in [0.3, 0.4) is 0 Å². The van der Waals surface area contributed by atoms with E-state index in [4.69, 9.17) is 40.5 Å². The maximum atomic E-state index is 13.2. The number of nitrogens with two attached hydrogens (primary N) is 1. The number of benzene rings is 1. The number of hydrogen-bond donors (Lipinski definition) is 1. The Morgan fingerprint density at radius 2 is 1.69 bits per heavy atom. The van der Waals surface area contributed by atoms with Gasteiger partial charge in [0.2, 0.25) is 0 Å². The van der Waals surface area contributed by atoms with Crippen LogP contribution in [0, 0.1) is 0 Å². The molecular formula is C8H7Cl3FN. The first-order valence-corrected chi connectivity index (χ1v) is 4.68. The zero-order valence-corrected chi connectivity index (χ0v) is 8.80. The first kappa shape index (κ1) is 11.1. The van der Waals surface area contributed by atoms with Crippen molar-refractivity contribution in [2.75, 3.05) is 6.54 Å². The fourth-order valence-electron chi connectivity index (χ4n) is 0.970. The summed E-state index contributed by atoms with van der Waals surface area (Å²) in [6.45, 7) is -0.152. The zero-order chi connectivity index (χ0) is 10.0. The molecule has 0 aliphatic heterocycles. The van der Waals surface area contributed by atoms with Crippen LogP contribution in [0.1, 0.15) is 11.7 Å². The summed E-state index contributed by atoms with van der Waals surface area (Å²) in [5.74, 6) is 0. The molecule has 0 radical (unpaired) electrons. The molecule has 0 heterocycles. The highest BCUT2D eigenvalue weighted by Crippen LogP contribution is 2.34. The van der Waals surface area contributed by atoms with Crippen LogP contribution in [-0.4, -0.2) is 6.54 Å². The van der Waals surface area contributed by atoms with Crippen molar-refractivity contribution in [3.8, 4) is 0 Å². The second kappa shape index (κ2) is 4.47. The maximum Gasteiger partial charge on any atom is 0.140 e. The van der Waals surface area contributed by atoms with Crippen LogP contribution in [0.4, 0.5) is 4.39 Å². The van der Waals surface area contributed by atoms with E-state index >= 15 is 0 Å². The Bertz CT molecular complexity index is 293. The highest BCUT2D eigenvalue weighted by molar-refractivity contribution is 6.39. The lowest BCUT2D eigenvalue weighted by atomic mass is 10.1. The van der Waals surface area contributed by atoms with Crippen molar-refractivity contribution in [2.24, 2.45) is 5.73 Å². The highest BCUT2D eigenvalue weighted by Gasteiger charge is 2.16. The van der Waals surface area contributed by atoms with Gasteiger partial charge in [0.25, 0.3) is 0 Å². The van der Waals surface area contributed by atoms with Gasteiger partial charge >= 0.3 is 0 Å². The third-order valence-electron chi connectivity index (χ3n) is 1.56. The quantitative estimate of drug-likeness (QED) is 0.842. The standard InChI is InChI=1S/C8H7Cl3FN/c9-4-1-5(10)8(6(11)2-4)7(12)3-13/h1-2,7H,3,13H2. The van der Waals surface area contributed by atoms with E-state index in [2.05, 4.69) is 0 Å². The van der Waals surface area contributed by atoms with Gasteiger partial charge in [-0.3, -0.25) is 0 Å². The molecule has 0 aliphatic carbocycles. The smallest absolute Gasteiger partial charge is 0.140 e. The molecule has 0 aliphatic rings. The SMILES string of the molecule is NCC(F)c1c(Cl)cc(Cl)cc1Cl. The van der Waals surface area contributed by atoms with Crippen molar-refractivity contribution in [2.45, 2.75) is 6.17 Å². The Hall–Kier alpha value is -0.0200. The lowest BCUT2D eigenvalue weighted by Crippen LogP contribution is -2.08. The van der Waals surface area contributed by atoms with E-state index in [-0.39, 0.29) is 22.2 Å². The molecule has 5 heteroatoms. The van der Waals surface area contributed by atoms with Gasteiger partial charge in [-0.2, -0.15) is 0 Å². The summed E-state index contributed by atoms with van der Waals surface area (Å²) in [4.78, 5) is 0.